The fraction of sp³-hybridized carbons (Fsp3) is 0.292. The third-order valence-corrected chi connectivity index (χ3v) is 9.27. The van der Waals surface area contributed by atoms with Crippen molar-refractivity contribution >= 4 is 74.9 Å². The lowest BCUT2D eigenvalue weighted by Crippen LogP contribution is -2.71. The van der Waals surface area contributed by atoms with Gasteiger partial charge in [0.25, 0.3) is 17.5 Å². The number of nitrogens with one attached hydrogen (secondary N) is 1. The van der Waals surface area contributed by atoms with Crippen LogP contribution in [0.2, 0.25) is 0 Å². The summed E-state index contributed by atoms with van der Waals surface area (Å²) in [6, 6.07) is 4.67. The average molecular weight is 602 g/mol. The lowest BCUT2D eigenvalue weighted by molar-refractivity contribution is -0.554. The molecule has 0 saturated carbocycles. The van der Waals surface area contributed by atoms with Gasteiger partial charge in [-0.1, -0.05) is 16.9 Å². The van der Waals surface area contributed by atoms with Crippen LogP contribution in [0, 0.1) is 0 Å². The van der Waals surface area contributed by atoms with Crippen LogP contribution in [0.15, 0.2) is 57.4 Å². The number of hydrogen-bond donors (Lipinski definition) is 2. The number of aromatic nitrogens is 3. The van der Waals surface area contributed by atoms with Crippen molar-refractivity contribution in [2.45, 2.75) is 29.9 Å². The maximum Gasteiger partial charge on any atom is 0.287 e. The molecule has 2 aliphatic heterocycles. The molecule has 0 aliphatic carbocycles. The number of nitrogen functional groups attached to an aromatic ring is 1. The first-order valence-electron chi connectivity index (χ1n) is 11.8. The molecule has 16 heteroatoms. The molecule has 13 nitrogen and oxygen atoms in total. The van der Waals surface area contributed by atoms with Gasteiger partial charge in [-0.25, -0.2) is 9.55 Å². The molecule has 0 radical (unpaired) electrons. The van der Waals surface area contributed by atoms with Crippen LogP contribution in [0.4, 0.5) is 5.13 Å². The molecule has 2 aliphatic rings. The first-order chi connectivity index (χ1) is 19.2. The lowest BCUT2D eigenvalue weighted by Gasteiger charge is -2.50. The average Bonchev–Trinajstić information content (AvgIpc) is 3.54. The van der Waals surface area contributed by atoms with Crippen LogP contribution in [-0.4, -0.2) is 73.8 Å². The molecular formula is C24H23N7O6S3. The number of thioether (sulfide) groups is 2. The van der Waals surface area contributed by atoms with E-state index in [9.17, 15) is 24.3 Å². The number of fused-ring (bicyclic) bond motifs is 2. The second-order valence-electron chi connectivity index (χ2n) is 8.80. The zero-order valence-electron chi connectivity index (χ0n) is 21.2. The predicted molar refractivity (Wildman–Crippen MR) is 146 cm³/mol. The van der Waals surface area contributed by atoms with Gasteiger partial charge in [-0.2, -0.15) is 4.40 Å². The third-order valence-electron chi connectivity index (χ3n) is 6.13. The molecule has 0 aromatic carbocycles. The van der Waals surface area contributed by atoms with Gasteiger partial charge in [-0.05, 0) is 24.6 Å². The number of ketones is 1. The SMILES string of the molecule is CO/N=C(\C(=O)N[C@@H]1C(=O)N2C(C(=O)[O-])=C(CSc3cccc4n(CC(C)=O)cc[n+]34)CS[C@H]12)c1csc(N)n1. The molecule has 0 spiro atoms. The smallest absolute Gasteiger partial charge is 0.287 e. The molecule has 0 unspecified atom stereocenters. The molecule has 2 atom stereocenters. The number of carbonyl (C=O) groups is 4. The number of amides is 2. The zero-order valence-corrected chi connectivity index (χ0v) is 23.7. The molecule has 5 rings (SSSR count). The number of hydrogen-bond acceptors (Lipinski definition) is 12. The number of oxime groups is 1. The van der Waals surface area contributed by atoms with E-state index in [2.05, 4.69) is 15.5 Å². The number of imidazole rings is 1. The molecule has 1 saturated heterocycles. The molecule has 3 aromatic heterocycles. The van der Waals surface area contributed by atoms with Crippen LogP contribution in [0.3, 0.4) is 0 Å². The van der Waals surface area contributed by atoms with Crippen LogP contribution in [0.5, 0.6) is 0 Å². The number of anilines is 1. The van der Waals surface area contributed by atoms with Crippen molar-refractivity contribution in [3.63, 3.8) is 0 Å². The standard InChI is InChI=1S/C24H23N7O6S3/c1-12(32)8-29-6-7-30-15(29)4-3-5-16(30)38-9-13-10-39-22-18(21(34)31(22)19(13)23(35)36)27-20(33)17(28-37-2)14-11-40-24(25)26-14/h3-7,11,18,22H,8-10H2,1-2H3,(H3-,25,26,27,33,35,36)/b28-17-/t18-,22-/m1/s1. The molecular weight excluding hydrogens is 579 g/mol. The number of carboxylic acids is 1. The van der Waals surface area contributed by atoms with Crippen molar-refractivity contribution in [1.82, 2.24) is 19.8 Å². The summed E-state index contributed by atoms with van der Waals surface area (Å²) in [4.78, 5) is 59.7. The van der Waals surface area contributed by atoms with E-state index in [1.54, 1.807) is 0 Å². The van der Waals surface area contributed by atoms with E-state index in [0.717, 1.165) is 26.9 Å². The monoisotopic (exact) mass is 601 g/mol. The Labute approximate surface area is 240 Å². The minimum Gasteiger partial charge on any atom is -0.543 e. The van der Waals surface area contributed by atoms with Gasteiger partial charge in [0.2, 0.25) is 0 Å². The number of carboxylic acid groups (broad SMARTS) is 1. The van der Waals surface area contributed by atoms with Crippen molar-refractivity contribution in [2.24, 2.45) is 5.16 Å². The highest BCUT2D eigenvalue weighted by Gasteiger charge is 2.53. The third kappa shape index (κ3) is 5.16. The number of nitrogens with zero attached hydrogens (tertiary/aromatic N) is 5. The van der Waals surface area contributed by atoms with E-state index in [1.165, 1.54) is 42.9 Å². The van der Waals surface area contributed by atoms with E-state index in [-0.39, 0.29) is 34.6 Å². The van der Waals surface area contributed by atoms with Gasteiger partial charge in [0.1, 0.15) is 43.2 Å². The minimum absolute atomic E-state index is 0.0254. The molecule has 3 aromatic rings. The summed E-state index contributed by atoms with van der Waals surface area (Å²) in [6.45, 7) is 1.77. The molecule has 0 bridgehead atoms. The summed E-state index contributed by atoms with van der Waals surface area (Å²) in [7, 11) is 1.27. The number of aliphatic carboxylic acids is 1. The van der Waals surface area contributed by atoms with Crippen molar-refractivity contribution in [1.29, 1.82) is 0 Å². The molecule has 3 N–H and O–H groups in total. The summed E-state index contributed by atoms with van der Waals surface area (Å²) >= 11 is 3.87. The molecule has 2 amide bonds. The normalized spacial score (nSPS) is 18.9. The van der Waals surface area contributed by atoms with Gasteiger partial charge < -0.3 is 25.8 Å². The van der Waals surface area contributed by atoms with Crippen molar-refractivity contribution in [3.8, 4) is 0 Å². The largest absolute Gasteiger partial charge is 0.543 e. The van der Waals surface area contributed by atoms with Gasteiger partial charge in [-0.15, -0.1) is 23.1 Å². The topological polar surface area (TPSA) is 176 Å². The van der Waals surface area contributed by atoms with Crippen molar-refractivity contribution < 1.29 is 33.5 Å². The number of nitrogens with two attached hydrogens (primary N) is 1. The Kier molecular flexibility index (Phi) is 7.82. The molecule has 5 heterocycles. The van der Waals surface area contributed by atoms with Crippen LogP contribution in [0.1, 0.15) is 12.6 Å². The Morgan fingerprint density at radius 2 is 2.17 bits per heavy atom. The number of β-lactam (4-membered cyclic amide) rings is 1. The first-order valence-corrected chi connectivity index (χ1v) is 14.7. The Balaban J connectivity index is 1.32. The number of rotatable bonds is 10. The van der Waals surface area contributed by atoms with Gasteiger partial charge in [0, 0.05) is 23.0 Å². The molecule has 1 fully saturated rings. The number of Topliss-reactive ketones (excluding diaryl/α,β-unsaturated/α-hetero) is 1. The second kappa shape index (κ2) is 11.3. The highest BCUT2D eigenvalue weighted by molar-refractivity contribution is 8.01. The quantitative estimate of drug-likeness (QED) is 0.100. The van der Waals surface area contributed by atoms with E-state index in [0.29, 0.717) is 17.1 Å². The van der Waals surface area contributed by atoms with Gasteiger partial charge in [-0.3, -0.25) is 19.3 Å². The lowest BCUT2D eigenvalue weighted by atomic mass is 10.0. The van der Waals surface area contributed by atoms with E-state index >= 15 is 0 Å². The Hall–Kier alpha value is -3.89. The summed E-state index contributed by atoms with van der Waals surface area (Å²) < 4.78 is 3.75. The fourth-order valence-corrected chi connectivity index (χ4v) is 7.49. The zero-order chi connectivity index (χ0) is 28.6. The van der Waals surface area contributed by atoms with E-state index < -0.39 is 29.2 Å². The highest BCUT2D eigenvalue weighted by Crippen LogP contribution is 2.41. The number of thiazole rings is 1. The Morgan fingerprint density at radius 3 is 2.85 bits per heavy atom. The highest BCUT2D eigenvalue weighted by atomic mass is 32.2. The van der Waals surface area contributed by atoms with Crippen LogP contribution in [-0.2, 0) is 30.6 Å². The fourth-order valence-electron chi connectivity index (χ4n) is 4.43. The van der Waals surface area contributed by atoms with Crippen molar-refractivity contribution in [3.05, 3.63) is 52.9 Å². The maximum absolute atomic E-state index is 13.1. The minimum atomic E-state index is -1.46. The number of pyridine rings is 1. The summed E-state index contributed by atoms with van der Waals surface area (Å²) in [5.41, 5.74) is 6.87. The number of carbonyl (C=O) groups excluding carboxylic acids is 4. The summed E-state index contributed by atoms with van der Waals surface area (Å²) in [6.07, 6.45) is 3.65. The van der Waals surface area contributed by atoms with Crippen LogP contribution < -0.4 is 20.6 Å². The van der Waals surface area contributed by atoms with Crippen LogP contribution in [0.25, 0.3) is 5.65 Å². The van der Waals surface area contributed by atoms with E-state index in [1.807, 2.05) is 39.6 Å². The predicted octanol–water partition coefficient (Wildman–Crippen LogP) is -0.599. The van der Waals surface area contributed by atoms with Gasteiger partial charge >= 0.3 is 0 Å². The maximum atomic E-state index is 13.1. The Morgan fingerprint density at radius 1 is 1.38 bits per heavy atom. The van der Waals surface area contributed by atoms with E-state index in [4.69, 9.17) is 10.6 Å². The first kappa shape index (κ1) is 27.7. The summed E-state index contributed by atoms with van der Waals surface area (Å²) in [5, 5.41) is 20.5. The Bertz CT molecular complexity index is 1600. The molecule has 208 valence electrons. The van der Waals surface area contributed by atoms with Gasteiger partial charge in [0.05, 0.1) is 11.7 Å². The molecule has 40 heavy (non-hydrogen) atoms. The van der Waals surface area contributed by atoms with Gasteiger partial charge in [0.15, 0.2) is 21.7 Å². The summed E-state index contributed by atoms with van der Waals surface area (Å²) in [5.74, 6) is -2.09. The van der Waals surface area contributed by atoms with Crippen molar-refractivity contribution in [2.75, 3.05) is 24.3 Å². The second-order valence-corrected chi connectivity index (χ2v) is 11.8. The van der Waals surface area contributed by atoms with Crippen LogP contribution >= 0.6 is 34.9 Å².